The molecule has 4 rings (SSSR count). The summed E-state index contributed by atoms with van der Waals surface area (Å²) in [6, 6.07) is 5.37. The van der Waals surface area contributed by atoms with Gasteiger partial charge in [-0.2, -0.15) is 5.10 Å². The highest BCUT2D eigenvalue weighted by molar-refractivity contribution is 6.09. The summed E-state index contributed by atoms with van der Waals surface area (Å²) in [7, 11) is 0. The highest BCUT2D eigenvalue weighted by atomic mass is 19.1. The van der Waals surface area contributed by atoms with Crippen LogP contribution in [0, 0.1) is 26.6 Å². The maximum atomic E-state index is 14.8. The normalized spacial score (nSPS) is 13.7. The van der Waals surface area contributed by atoms with Crippen molar-refractivity contribution in [2.75, 3.05) is 11.9 Å². The first-order valence-corrected chi connectivity index (χ1v) is 8.61. The molecule has 0 fully saturated rings. The van der Waals surface area contributed by atoms with E-state index < -0.39 is 5.91 Å². The number of fused-ring (bicyclic) bond motifs is 2. The van der Waals surface area contributed by atoms with Crippen molar-refractivity contribution in [3.05, 3.63) is 57.8 Å². The molecule has 0 spiro atoms. The van der Waals surface area contributed by atoms with Crippen LogP contribution in [0.1, 0.15) is 38.6 Å². The van der Waals surface area contributed by atoms with Crippen LogP contribution >= 0.6 is 0 Å². The summed E-state index contributed by atoms with van der Waals surface area (Å²) in [5, 5.41) is 10.3. The molecule has 1 amide bonds. The lowest BCUT2D eigenvalue weighted by molar-refractivity contribution is 0.102. The molecule has 3 heterocycles. The van der Waals surface area contributed by atoms with Crippen LogP contribution in [0.25, 0.3) is 5.65 Å². The lowest BCUT2D eigenvalue weighted by atomic mass is 9.99. The van der Waals surface area contributed by atoms with Crippen molar-refractivity contribution in [1.82, 2.24) is 19.9 Å². The second-order valence-corrected chi connectivity index (χ2v) is 6.68. The Kier molecular flexibility index (Phi) is 3.96. The van der Waals surface area contributed by atoms with E-state index in [2.05, 4.69) is 20.7 Å². The number of hydrogen-bond acceptors (Lipinski definition) is 4. The Morgan fingerprint density at radius 3 is 2.92 bits per heavy atom. The Labute approximate surface area is 150 Å². The minimum atomic E-state index is -0.400. The number of carbonyl (C=O) groups is 1. The molecule has 0 saturated carbocycles. The van der Waals surface area contributed by atoms with Crippen molar-refractivity contribution in [2.45, 2.75) is 33.7 Å². The number of aromatic nitrogens is 3. The molecule has 7 heteroatoms. The van der Waals surface area contributed by atoms with Crippen LogP contribution in [-0.4, -0.2) is 27.0 Å². The second kappa shape index (κ2) is 6.17. The van der Waals surface area contributed by atoms with Crippen molar-refractivity contribution < 1.29 is 9.18 Å². The van der Waals surface area contributed by atoms with Gasteiger partial charge in [-0.1, -0.05) is 6.07 Å². The van der Waals surface area contributed by atoms with Crippen molar-refractivity contribution in [3.63, 3.8) is 0 Å². The van der Waals surface area contributed by atoms with E-state index in [4.69, 9.17) is 0 Å². The molecular weight excluding hydrogens is 333 g/mol. The molecule has 1 aliphatic heterocycles. The SMILES string of the molecule is Cc1cc(C)n2nc(C)c(C(=O)Nc3ccc4c(c3F)CCNC4)c2n1. The van der Waals surface area contributed by atoms with Gasteiger partial charge in [0.15, 0.2) is 5.65 Å². The van der Waals surface area contributed by atoms with Gasteiger partial charge in [-0.15, -0.1) is 0 Å². The summed E-state index contributed by atoms with van der Waals surface area (Å²) in [6.45, 7) is 6.92. The summed E-state index contributed by atoms with van der Waals surface area (Å²) in [4.78, 5) is 17.3. The third-order valence-corrected chi connectivity index (χ3v) is 4.75. The zero-order valence-electron chi connectivity index (χ0n) is 15.0. The van der Waals surface area contributed by atoms with Crippen LogP contribution in [-0.2, 0) is 13.0 Å². The van der Waals surface area contributed by atoms with Gasteiger partial charge in [0, 0.05) is 17.9 Å². The maximum Gasteiger partial charge on any atom is 0.261 e. The van der Waals surface area contributed by atoms with Crippen molar-refractivity contribution in [1.29, 1.82) is 0 Å². The monoisotopic (exact) mass is 353 g/mol. The molecule has 1 aromatic carbocycles. The Bertz CT molecular complexity index is 1040. The van der Waals surface area contributed by atoms with E-state index in [9.17, 15) is 9.18 Å². The van der Waals surface area contributed by atoms with Crippen LogP contribution in [0.2, 0.25) is 0 Å². The molecule has 3 aromatic rings. The van der Waals surface area contributed by atoms with Crippen LogP contribution in [0.4, 0.5) is 10.1 Å². The summed E-state index contributed by atoms with van der Waals surface area (Å²) in [5.41, 5.74) is 4.91. The smallest absolute Gasteiger partial charge is 0.261 e. The zero-order chi connectivity index (χ0) is 18.4. The number of nitrogens with zero attached hydrogens (tertiary/aromatic N) is 3. The molecule has 2 N–H and O–H groups in total. The first kappa shape index (κ1) is 16.7. The van der Waals surface area contributed by atoms with Crippen LogP contribution in [0.15, 0.2) is 18.2 Å². The number of carbonyl (C=O) groups excluding carboxylic acids is 1. The van der Waals surface area contributed by atoms with Gasteiger partial charge in [-0.05, 0) is 57.0 Å². The molecule has 0 aliphatic carbocycles. The van der Waals surface area contributed by atoms with E-state index in [0.717, 1.165) is 23.5 Å². The summed E-state index contributed by atoms with van der Waals surface area (Å²) in [5.74, 6) is -0.755. The summed E-state index contributed by atoms with van der Waals surface area (Å²) >= 11 is 0. The number of nitrogens with one attached hydrogen (secondary N) is 2. The van der Waals surface area contributed by atoms with Gasteiger partial charge in [-0.25, -0.2) is 13.9 Å². The number of benzene rings is 1. The molecule has 0 radical (unpaired) electrons. The lowest BCUT2D eigenvalue weighted by Crippen LogP contribution is -2.25. The van der Waals surface area contributed by atoms with E-state index in [1.807, 2.05) is 26.0 Å². The first-order chi connectivity index (χ1) is 12.5. The molecule has 0 bridgehead atoms. The van der Waals surface area contributed by atoms with Crippen molar-refractivity contribution in [3.8, 4) is 0 Å². The van der Waals surface area contributed by atoms with Gasteiger partial charge in [0.1, 0.15) is 11.4 Å². The predicted molar refractivity (Wildman–Crippen MR) is 97.0 cm³/mol. The van der Waals surface area contributed by atoms with Crippen molar-refractivity contribution >= 4 is 17.2 Å². The fourth-order valence-electron chi connectivity index (χ4n) is 3.51. The predicted octanol–water partition coefficient (Wildman–Crippen LogP) is 2.69. The third-order valence-electron chi connectivity index (χ3n) is 4.75. The molecule has 6 nitrogen and oxygen atoms in total. The molecule has 26 heavy (non-hydrogen) atoms. The van der Waals surface area contributed by atoms with E-state index in [1.54, 1.807) is 17.5 Å². The Morgan fingerprint density at radius 2 is 2.12 bits per heavy atom. The van der Waals surface area contributed by atoms with Gasteiger partial charge >= 0.3 is 0 Å². The van der Waals surface area contributed by atoms with E-state index >= 15 is 0 Å². The van der Waals surface area contributed by atoms with E-state index in [1.165, 1.54) is 0 Å². The molecule has 134 valence electrons. The second-order valence-electron chi connectivity index (χ2n) is 6.68. The van der Waals surface area contributed by atoms with Crippen molar-refractivity contribution in [2.24, 2.45) is 0 Å². The van der Waals surface area contributed by atoms with Gasteiger partial charge in [0.2, 0.25) is 0 Å². The number of amides is 1. The topological polar surface area (TPSA) is 71.3 Å². The number of anilines is 1. The van der Waals surface area contributed by atoms with Gasteiger partial charge in [0.05, 0.1) is 11.4 Å². The molecular formula is C19H20FN5O. The quantitative estimate of drug-likeness (QED) is 0.743. The Hall–Kier alpha value is -2.80. The van der Waals surface area contributed by atoms with Gasteiger partial charge < -0.3 is 10.6 Å². The number of halogens is 1. The number of hydrogen-bond donors (Lipinski definition) is 2. The minimum Gasteiger partial charge on any atom is -0.319 e. The fourth-order valence-corrected chi connectivity index (χ4v) is 3.51. The standard InChI is InChI=1S/C19H20FN5O/c1-10-8-11(2)25-18(22-10)16(12(3)24-25)19(26)23-15-5-4-13-9-21-7-6-14(13)17(15)20/h4-5,8,21H,6-7,9H2,1-3H3,(H,23,26). The van der Waals surface area contributed by atoms with Gasteiger partial charge in [0.25, 0.3) is 5.91 Å². The summed E-state index contributed by atoms with van der Waals surface area (Å²) in [6.07, 6.45) is 0.612. The van der Waals surface area contributed by atoms with Gasteiger partial charge in [-0.3, -0.25) is 4.79 Å². The van der Waals surface area contributed by atoms with Crippen LogP contribution in [0.3, 0.4) is 0 Å². The van der Waals surface area contributed by atoms with E-state index in [-0.39, 0.29) is 11.5 Å². The van der Waals surface area contributed by atoms with Crippen LogP contribution < -0.4 is 10.6 Å². The zero-order valence-corrected chi connectivity index (χ0v) is 15.0. The third kappa shape index (κ3) is 2.64. The average molecular weight is 353 g/mol. The average Bonchev–Trinajstić information content (AvgIpc) is 2.94. The highest BCUT2D eigenvalue weighted by Crippen LogP contribution is 2.26. The number of aryl methyl sites for hydroxylation is 3. The summed E-state index contributed by atoms with van der Waals surface area (Å²) < 4.78 is 16.5. The van der Waals surface area contributed by atoms with Crippen LogP contribution in [0.5, 0.6) is 0 Å². The maximum absolute atomic E-state index is 14.8. The number of rotatable bonds is 2. The largest absolute Gasteiger partial charge is 0.319 e. The molecule has 0 unspecified atom stereocenters. The Balaban J connectivity index is 1.74. The lowest BCUT2D eigenvalue weighted by Gasteiger charge is -2.19. The van der Waals surface area contributed by atoms with E-state index in [0.29, 0.717) is 35.4 Å². The minimum absolute atomic E-state index is 0.193. The molecule has 0 atom stereocenters. The Morgan fingerprint density at radius 1 is 1.31 bits per heavy atom. The first-order valence-electron chi connectivity index (χ1n) is 8.61. The molecule has 0 saturated heterocycles. The highest BCUT2D eigenvalue weighted by Gasteiger charge is 2.22. The molecule has 1 aliphatic rings. The fraction of sp³-hybridized carbons (Fsp3) is 0.316. The molecule has 2 aromatic heterocycles.